The first-order valence-corrected chi connectivity index (χ1v) is 10.6. The van der Waals surface area contributed by atoms with E-state index in [4.69, 9.17) is 13.7 Å². The fourth-order valence-corrected chi connectivity index (χ4v) is 4.05. The second-order valence-electron chi connectivity index (χ2n) is 6.78. The monoisotopic (exact) mass is 415 g/mol. The van der Waals surface area contributed by atoms with Crippen molar-refractivity contribution in [3.05, 3.63) is 78.1 Å². The van der Waals surface area contributed by atoms with E-state index < -0.39 is 22.0 Å². The van der Waals surface area contributed by atoms with Crippen LogP contribution >= 0.6 is 0 Å². The van der Waals surface area contributed by atoms with Crippen LogP contribution in [0.5, 0.6) is 0 Å². The summed E-state index contributed by atoms with van der Waals surface area (Å²) in [5.74, 6) is -1.12. The Hall–Kier alpha value is -2.59. The maximum Gasteiger partial charge on any atom is 0.297 e. The minimum absolute atomic E-state index is 0.108. The lowest BCUT2D eigenvalue weighted by Crippen LogP contribution is -2.35. The third-order valence-corrected chi connectivity index (χ3v) is 5.90. The van der Waals surface area contributed by atoms with E-state index in [2.05, 4.69) is 10.2 Å². The number of ether oxygens (including phenoxy) is 2. The highest BCUT2D eigenvalue weighted by Crippen LogP contribution is 2.36. The van der Waals surface area contributed by atoms with Gasteiger partial charge in [-0.3, -0.25) is 4.18 Å². The molecule has 0 unspecified atom stereocenters. The molecule has 1 aromatic heterocycles. The van der Waals surface area contributed by atoms with Crippen molar-refractivity contribution >= 4 is 10.1 Å². The third-order valence-electron chi connectivity index (χ3n) is 4.61. The van der Waals surface area contributed by atoms with Crippen LogP contribution in [0, 0.1) is 6.92 Å². The maximum atomic E-state index is 12.4. The fraction of sp³-hybridized carbons (Fsp3) is 0.300. The van der Waals surface area contributed by atoms with Crippen molar-refractivity contribution in [2.24, 2.45) is 0 Å². The lowest BCUT2D eigenvalue weighted by atomic mass is 10.1. The van der Waals surface area contributed by atoms with Crippen LogP contribution in [0.3, 0.4) is 0 Å². The molecule has 2 heterocycles. The highest BCUT2D eigenvalue weighted by atomic mass is 32.2. The number of hydrogen-bond donors (Lipinski definition) is 0. The van der Waals surface area contributed by atoms with E-state index in [0.717, 1.165) is 11.1 Å². The topological polar surface area (TPSA) is 92.5 Å². The van der Waals surface area contributed by atoms with Gasteiger partial charge in [-0.2, -0.15) is 23.4 Å². The van der Waals surface area contributed by atoms with Crippen LogP contribution in [0.25, 0.3) is 0 Å². The number of hydrogen-bond acceptors (Lipinski definition) is 7. The minimum Gasteiger partial charge on any atom is -0.342 e. The van der Waals surface area contributed by atoms with Gasteiger partial charge in [-0.05, 0) is 19.1 Å². The largest absolute Gasteiger partial charge is 0.342 e. The van der Waals surface area contributed by atoms with Crippen molar-refractivity contribution in [2.75, 3.05) is 13.2 Å². The van der Waals surface area contributed by atoms with E-state index in [1.807, 2.05) is 37.3 Å². The molecule has 0 saturated carbocycles. The molecule has 1 aliphatic rings. The Labute approximate surface area is 169 Å². The van der Waals surface area contributed by atoms with Crippen molar-refractivity contribution in [2.45, 2.75) is 30.3 Å². The molecule has 9 heteroatoms. The molecule has 1 fully saturated rings. The fourth-order valence-electron chi connectivity index (χ4n) is 3.11. The second kappa shape index (κ2) is 8.03. The molecule has 4 rings (SSSR count). The van der Waals surface area contributed by atoms with E-state index in [1.165, 1.54) is 16.9 Å². The molecule has 0 bridgehead atoms. The van der Waals surface area contributed by atoms with Crippen LogP contribution in [0.15, 0.2) is 71.9 Å². The number of aromatic nitrogens is 3. The molecule has 152 valence electrons. The van der Waals surface area contributed by atoms with E-state index in [0.29, 0.717) is 0 Å². The predicted molar refractivity (Wildman–Crippen MR) is 103 cm³/mol. The molecule has 0 spiro atoms. The smallest absolute Gasteiger partial charge is 0.297 e. The Bertz CT molecular complexity index is 1040. The van der Waals surface area contributed by atoms with Gasteiger partial charge < -0.3 is 9.47 Å². The van der Waals surface area contributed by atoms with E-state index >= 15 is 0 Å². The summed E-state index contributed by atoms with van der Waals surface area (Å²) in [6.07, 6.45) is 2.58. The van der Waals surface area contributed by atoms with Crippen LogP contribution in [-0.4, -0.2) is 42.7 Å². The molecule has 29 heavy (non-hydrogen) atoms. The Balaban J connectivity index is 1.48. The normalized spacial score (nSPS) is 22.0. The molecule has 0 N–H and O–H groups in total. The minimum atomic E-state index is -3.88. The molecular formula is C20H21N3O5S. The maximum absolute atomic E-state index is 12.4. The molecule has 2 aromatic carbocycles. The Morgan fingerprint density at radius 2 is 1.79 bits per heavy atom. The van der Waals surface area contributed by atoms with Crippen LogP contribution in [0.1, 0.15) is 11.1 Å². The Kier molecular flexibility index (Phi) is 5.46. The highest BCUT2D eigenvalue weighted by Gasteiger charge is 2.44. The molecular weight excluding hydrogens is 394 g/mol. The SMILES string of the molecule is Cc1ccc(S(=O)(=O)OC[C@H]2CO[C@](Cn3nccn3)(c3ccccc3)O2)cc1. The van der Waals surface area contributed by atoms with Crippen molar-refractivity contribution < 1.29 is 22.1 Å². The summed E-state index contributed by atoms with van der Waals surface area (Å²) < 4.78 is 42.3. The summed E-state index contributed by atoms with van der Waals surface area (Å²) in [6.45, 7) is 2.14. The summed E-state index contributed by atoms with van der Waals surface area (Å²) in [5, 5.41) is 8.25. The van der Waals surface area contributed by atoms with Gasteiger partial charge in [0.15, 0.2) is 0 Å². The Morgan fingerprint density at radius 1 is 1.10 bits per heavy atom. The summed E-state index contributed by atoms with van der Waals surface area (Å²) >= 11 is 0. The summed E-state index contributed by atoms with van der Waals surface area (Å²) in [5.41, 5.74) is 1.76. The van der Waals surface area contributed by atoms with Crippen LogP contribution < -0.4 is 0 Å². The summed E-state index contributed by atoms with van der Waals surface area (Å²) in [6, 6.07) is 15.9. The zero-order chi connectivity index (χ0) is 20.3. The van der Waals surface area contributed by atoms with Gasteiger partial charge in [-0.1, -0.05) is 48.0 Å². The zero-order valence-corrected chi connectivity index (χ0v) is 16.7. The predicted octanol–water partition coefficient (Wildman–Crippen LogP) is 2.26. The van der Waals surface area contributed by atoms with Crippen molar-refractivity contribution in [1.29, 1.82) is 0 Å². The van der Waals surface area contributed by atoms with E-state index in [9.17, 15) is 8.42 Å². The van der Waals surface area contributed by atoms with Crippen molar-refractivity contribution in [3.8, 4) is 0 Å². The van der Waals surface area contributed by atoms with Crippen molar-refractivity contribution in [1.82, 2.24) is 15.0 Å². The lowest BCUT2D eigenvalue weighted by molar-refractivity contribution is -0.192. The first kappa shape index (κ1) is 19.7. The van der Waals surface area contributed by atoms with Gasteiger partial charge in [0, 0.05) is 5.56 Å². The average molecular weight is 415 g/mol. The zero-order valence-electron chi connectivity index (χ0n) is 15.8. The lowest BCUT2D eigenvalue weighted by Gasteiger charge is -2.28. The second-order valence-corrected chi connectivity index (χ2v) is 8.40. The summed E-state index contributed by atoms with van der Waals surface area (Å²) in [7, 11) is -3.88. The summed E-state index contributed by atoms with van der Waals surface area (Å²) in [4.78, 5) is 1.58. The molecule has 1 aliphatic heterocycles. The molecule has 8 nitrogen and oxygen atoms in total. The molecule has 2 atom stereocenters. The molecule has 0 aliphatic carbocycles. The molecule has 0 amide bonds. The number of rotatable bonds is 7. The number of aryl methyl sites for hydroxylation is 1. The van der Waals surface area contributed by atoms with Gasteiger partial charge in [0.05, 0.1) is 30.5 Å². The Morgan fingerprint density at radius 3 is 2.48 bits per heavy atom. The first-order valence-electron chi connectivity index (χ1n) is 9.14. The van der Waals surface area contributed by atoms with Gasteiger partial charge in [-0.15, -0.1) is 0 Å². The van der Waals surface area contributed by atoms with Crippen LogP contribution in [0.4, 0.5) is 0 Å². The van der Waals surface area contributed by atoms with Gasteiger partial charge in [0.25, 0.3) is 10.1 Å². The van der Waals surface area contributed by atoms with Gasteiger partial charge in [0.2, 0.25) is 5.79 Å². The van der Waals surface area contributed by atoms with Crippen LogP contribution in [0.2, 0.25) is 0 Å². The quantitative estimate of drug-likeness (QED) is 0.547. The van der Waals surface area contributed by atoms with Gasteiger partial charge in [-0.25, -0.2) is 0 Å². The van der Waals surface area contributed by atoms with E-state index in [-0.39, 0.29) is 24.7 Å². The number of nitrogens with zero attached hydrogens (tertiary/aromatic N) is 3. The number of benzene rings is 2. The molecule has 1 saturated heterocycles. The van der Waals surface area contributed by atoms with Crippen LogP contribution in [-0.2, 0) is 36.1 Å². The average Bonchev–Trinajstić information content (AvgIpc) is 3.39. The highest BCUT2D eigenvalue weighted by molar-refractivity contribution is 7.86. The molecule has 0 radical (unpaired) electrons. The van der Waals surface area contributed by atoms with Gasteiger partial charge >= 0.3 is 0 Å². The van der Waals surface area contributed by atoms with E-state index in [1.54, 1.807) is 24.5 Å². The van der Waals surface area contributed by atoms with Crippen molar-refractivity contribution in [3.63, 3.8) is 0 Å². The van der Waals surface area contributed by atoms with Gasteiger partial charge in [0.1, 0.15) is 12.6 Å². The first-order chi connectivity index (χ1) is 14.0. The third kappa shape index (κ3) is 4.38. The standard InChI is InChI=1S/C20H21N3O5S/c1-16-7-9-19(10-8-16)29(24,25)27-14-18-13-26-20(28-18,15-23-21-11-12-22-23)17-5-3-2-4-6-17/h2-12,18H,13-15H2,1H3/t18-,20+/m1/s1. The molecule has 3 aromatic rings.